The SMILES string of the molecule is CN=C(NCC1(O)CCSC1)NC1CC2(CCCC2)Oc2ccccc21.I. The summed E-state index contributed by atoms with van der Waals surface area (Å²) in [4.78, 5) is 4.40. The van der Waals surface area contributed by atoms with Crippen LogP contribution in [0.25, 0.3) is 0 Å². The molecule has 1 aromatic rings. The molecule has 2 heterocycles. The van der Waals surface area contributed by atoms with Crippen molar-refractivity contribution in [1.82, 2.24) is 10.6 Å². The molecule has 1 aromatic carbocycles. The Bertz CT molecular complexity index is 673. The lowest BCUT2D eigenvalue weighted by Crippen LogP contribution is -2.50. The predicted octanol–water partition coefficient (Wildman–Crippen LogP) is 3.47. The van der Waals surface area contributed by atoms with Crippen molar-refractivity contribution in [2.45, 2.75) is 55.8 Å². The minimum atomic E-state index is -0.622. The average molecular weight is 503 g/mol. The Kier molecular flexibility index (Phi) is 6.84. The molecule has 5 nitrogen and oxygen atoms in total. The van der Waals surface area contributed by atoms with Gasteiger partial charge in [0.2, 0.25) is 0 Å². The van der Waals surface area contributed by atoms with Gasteiger partial charge in [0.15, 0.2) is 5.96 Å². The van der Waals surface area contributed by atoms with Crippen molar-refractivity contribution in [1.29, 1.82) is 0 Å². The first-order valence-electron chi connectivity index (χ1n) is 9.67. The van der Waals surface area contributed by atoms with Gasteiger partial charge in [0, 0.05) is 31.3 Å². The van der Waals surface area contributed by atoms with Crippen LogP contribution in [-0.2, 0) is 0 Å². The number of benzene rings is 1. The Labute approximate surface area is 183 Å². The fraction of sp³-hybridized carbons (Fsp3) is 0.650. The molecule has 0 aromatic heterocycles. The van der Waals surface area contributed by atoms with Gasteiger partial charge in [-0.05, 0) is 43.9 Å². The quantitative estimate of drug-likeness (QED) is 0.335. The molecule has 0 amide bonds. The molecule has 0 bridgehead atoms. The van der Waals surface area contributed by atoms with Gasteiger partial charge in [0.05, 0.1) is 11.6 Å². The normalized spacial score (nSPS) is 29.0. The summed E-state index contributed by atoms with van der Waals surface area (Å²) >= 11 is 1.81. The maximum atomic E-state index is 10.6. The molecule has 27 heavy (non-hydrogen) atoms. The number of rotatable bonds is 3. The van der Waals surface area contributed by atoms with Crippen molar-refractivity contribution >= 4 is 41.7 Å². The van der Waals surface area contributed by atoms with Crippen LogP contribution in [0.1, 0.15) is 50.1 Å². The second-order valence-corrected chi connectivity index (χ2v) is 8.99. The van der Waals surface area contributed by atoms with Crippen LogP contribution in [0.5, 0.6) is 5.75 Å². The number of para-hydroxylation sites is 1. The summed E-state index contributed by atoms with van der Waals surface area (Å²) in [5.41, 5.74) is 0.538. The van der Waals surface area contributed by atoms with Gasteiger partial charge >= 0.3 is 0 Å². The number of halogens is 1. The number of guanidine groups is 1. The Balaban J connectivity index is 0.00000210. The number of nitrogens with one attached hydrogen (secondary N) is 2. The van der Waals surface area contributed by atoms with Crippen molar-refractivity contribution in [2.24, 2.45) is 4.99 Å². The summed E-state index contributed by atoms with van der Waals surface area (Å²) in [6.45, 7) is 0.537. The van der Waals surface area contributed by atoms with Gasteiger partial charge in [0.25, 0.3) is 0 Å². The lowest BCUT2D eigenvalue weighted by Gasteiger charge is -2.40. The summed E-state index contributed by atoms with van der Waals surface area (Å²) in [5, 5.41) is 17.5. The highest BCUT2D eigenvalue weighted by Crippen LogP contribution is 2.46. The van der Waals surface area contributed by atoms with Crippen LogP contribution >= 0.6 is 35.7 Å². The number of aliphatic imine (C=N–C) groups is 1. The van der Waals surface area contributed by atoms with E-state index in [2.05, 4.69) is 33.8 Å². The van der Waals surface area contributed by atoms with Gasteiger partial charge in [-0.1, -0.05) is 18.2 Å². The summed E-state index contributed by atoms with van der Waals surface area (Å²) in [5.74, 6) is 3.57. The summed E-state index contributed by atoms with van der Waals surface area (Å²) in [6.07, 6.45) is 6.54. The molecule has 1 aliphatic carbocycles. The Hall–Kier alpha value is -0.670. The number of hydrogen-bond acceptors (Lipinski definition) is 4. The van der Waals surface area contributed by atoms with Crippen LogP contribution < -0.4 is 15.4 Å². The molecule has 3 aliphatic rings. The molecule has 1 saturated heterocycles. The zero-order chi connectivity index (χ0) is 18.0. The summed E-state index contributed by atoms with van der Waals surface area (Å²) < 4.78 is 6.44. The monoisotopic (exact) mass is 503 g/mol. The van der Waals surface area contributed by atoms with Crippen LogP contribution in [0, 0.1) is 0 Å². The van der Waals surface area contributed by atoms with E-state index in [1.807, 2.05) is 17.8 Å². The third kappa shape index (κ3) is 4.67. The number of aliphatic hydroxyl groups is 1. The molecule has 1 saturated carbocycles. The third-order valence-corrected chi connectivity index (χ3v) is 7.15. The molecule has 2 unspecified atom stereocenters. The molecule has 2 aliphatic heterocycles. The highest BCUT2D eigenvalue weighted by Gasteiger charge is 2.43. The van der Waals surface area contributed by atoms with Gasteiger partial charge < -0.3 is 20.5 Å². The fourth-order valence-electron chi connectivity index (χ4n) is 4.42. The van der Waals surface area contributed by atoms with Gasteiger partial charge in [-0.15, -0.1) is 24.0 Å². The van der Waals surface area contributed by atoms with E-state index in [4.69, 9.17) is 4.74 Å². The van der Waals surface area contributed by atoms with Crippen LogP contribution in [0.15, 0.2) is 29.3 Å². The molecule has 150 valence electrons. The van der Waals surface area contributed by atoms with Gasteiger partial charge in [-0.3, -0.25) is 4.99 Å². The van der Waals surface area contributed by atoms with E-state index >= 15 is 0 Å². The van der Waals surface area contributed by atoms with E-state index in [0.717, 1.165) is 48.9 Å². The largest absolute Gasteiger partial charge is 0.487 e. The minimum Gasteiger partial charge on any atom is -0.487 e. The van der Waals surface area contributed by atoms with Crippen LogP contribution in [-0.4, -0.2) is 47.4 Å². The van der Waals surface area contributed by atoms with Gasteiger partial charge in [-0.25, -0.2) is 0 Å². The summed E-state index contributed by atoms with van der Waals surface area (Å²) in [6, 6.07) is 8.51. The van der Waals surface area contributed by atoms with Crippen molar-refractivity contribution in [3.8, 4) is 5.75 Å². The average Bonchev–Trinajstić information content (AvgIpc) is 3.28. The predicted molar refractivity (Wildman–Crippen MR) is 122 cm³/mol. The first kappa shape index (κ1) is 21.0. The second-order valence-electron chi connectivity index (χ2n) is 7.88. The van der Waals surface area contributed by atoms with E-state index in [-0.39, 0.29) is 35.6 Å². The maximum Gasteiger partial charge on any atom is 0.191 e. The Morgan fingerprint density at radius 1 is 1.30 bits per heavy atom. The fourth-order valence-corrected chi connectivity index (χ4v) is 5.71. The maximum absolute atomic E-state index is 10.6. The molecule has 7 heteroatoms. The van der Waals surface area contributed by atoms with E-state index in [1.54, 1.807) is 7.05 Å². The second kappa shape index (κ2) is 8.78. The number of fused-ring (bicyclic) bond motifs is 1. The molecule has 0 radical (unpaired) electrons. The molecular weight excluding hydrogens is 473 g/mol. The van der Waals surface area contributed by atoms with E-state index in [0.29, 0.717) is 6.54 Å². The Morgan fingerprint density at radius 2 is 2.07 bits per heavy atom. The third-order valence-electron chi connectivity index (χ3n) is 5.91. The van der Waals surface area contributed by atoms with Crippen molar-refractivity contribution in [3.05, 3.63) is 29.8 Å². The zero-order valence-electron chi connectivity index (χ0n) is 15.9. The number of nitrogens with zero attached hydrogens (tertiary/aromatic N) is 1. The van der Waals surface area contributed by atoms with Gasteiger partial charge in [-0.2, -0.15) is 11.8 Å². The highest BCUT2D eigenvalue weighted by atomic mass is 127. The van der Waals surface area contributed by atoms with E-state index < -0.39 is 5.60 Å². The Morgan fingerprint density at radius 3 is 2.78 bits per heavy atom. The number of ether oxygens (including phenoxy) is 1. The van der Waals surface area contributed by atoms with Crippen LogP contribution in [0.3, 0.4) is 0 Å². The van der Waals surface area contributed by atoms with Gasteiger partial charge in [0.1, 0.15) is 11.4 Å². The van der Waals surface area contributed by atoms with E-state index in [1.165, 1.54) is 18.4 Å². The van der Waals surface area contributed by atoms with Crippen LogP contribution in [0.2, 0.25) is 0 Å². The lowest BCUT2D eigenvalue weighted by atomic mass is 9.86. The first-order valence-corrected chi connectivity index (χ1v) is 10.8. The number of hydrogen-bond donors (Lipinski definition) is 3. The zero-order valence-corrected chi connectivity index (χ0v) is 19.0. The van der Waals surface area contributed by atoms with Crippen molar-refractivity contribution < 1.29 is 9.84 Å². The molecule has 3 N–H and O–H groups in total. The number of thioether (sulfide) groups is 1. The molecule has 2 atom stereocenters. The molecule has 4 rings (SSSR count). The van der Waals surface area contributed by atoms with E-state index in [9.17, 15) is 5.11 Å². The van der Waals surface area contributed by atoms with Crippen LogP contribution in [0.4, 0.5) is 0 Å². The summed E-state index contributed by atoms with van der Waals surface area (Å²) in [7, 11) is 1.79. The smallest absolute Gasteiger partial charge is 0.191 e. The minimum absolute atomic E-state index is 0. The topological polar surface area (TPSA) is 65.9 Å². The molecular formula is C20H30IN3O2S. The molecule has 2 fully saturated rings. The van der Waals surface area contributed by atoms with Crippen molar-refractivity contribution in [2.75, 3.05) is 25.1 Å². The van der Waals surface area contributed by atoms with Crippen molar-refractivity contribution in [3.63, 3.8) is 0 Å². The molecule has 1 spiro atoms. The highest BCUT2D eigenvalue weighted by molar-refractivity contribution is 14.0. The first-order chi connectivity index (χ1) is 12.6. The standard InChI is InChI=1S/C20H29N3O2S.HI/c1-21-18(22-13-19(24)10-11-26-14-19)23-16-12-20(8-4-5-9-20)25-17-7-3-2-6-15(16)17;/h2-3,6-7,16,24H,4-5,8-14H2,1H3,(H2,21,22,23);1H. The lowest BCUT2D eigenvalue weighted by molar-refractivity contribution is 0.0393.